The molecule has 0 saturated carbocycles. The third-order valence-electron chi connectivity index (χ3n) is 3.87. The van der Waals surface area contributed by atoms with Crippen molar-refractivity contribution in [2.45, 2.75) is 78.9 Å². The molecule has 0 amide bonds. The van der Waals surface area contributed by atoms with Crippen LogP contribution in [0.4, 0.5) is 0 Å². The van der Waals surface area contributed by atoms with Crippen molar-refractivity contribution in [2.24, 2.45) is 5.41 Å². The van der Waals surface area contributed by atoms with E-state index >= 15 is 0 Å². The zero-order chi connectivity index (χ0) is 13.1. The van der Waals surface area contributed by atoms with E-state index in [9.17, 15) is 0 Å². The lowest BCUT2D eigenvalue weighted by Gasteiger charge is -2.41. The van der Waals surface area contributed by atoms with Gasteiger partial charge in [0.05, 0.1) is 8.07 Å². The molecule has 0 aromatic heterocycles. The first-order chi connectivity index (χ1) is 7.04. The molecule has 1 heteroatoms. The van der Waals surface area contributed by atoms with E-state index in [1.165, 1.54) is 0 Å². The summed E-state index contributed by atoms with van der Waals surface area (Å²) in [6.07, 6.45) is 2.46. The summed E-state index contributed by atoms with van der Waals surface area (Å²) in [7, 11) is -1.32. The Morgan fingerprint density at radius 2 is 1.06 bits per heavy atom. The summed E-state index contributed by atoms with van der Waals surface area (Å²) in [5.41, 5.74) is 5.42. The van der Waals surface area contributed by atoms with Crippen LogP contribution in [0.2, 0.25) is 16.6 Å². The van der Waals surface area contributed by atoms with E-state index in [1.807, 2.05) is 0 Å². The second kappa shape index (κ2) is 5.53. The Labute approximate surface area is 105 Å². The molecule has 0 spiro atoms. The standard InChI is InChI=1S/C15H32Si/c1-12(2)16(13(3)4,14(5)6)11-10-15(7,8)9/h10-14H,1-9H3/b11-10+. The first kappa shape index (κ1) is 16.0. The van der Waals surface area contributed by atoms with Gasteiger partial charge in [-0.25, -0.2) is 0 Å². The molecule has 0 rings (SSSR count). The molecule has 0 aliphatic heterocycles. The molecule has 0 N–H and O–H groups in total. The summed E-state index contributed by atoms with van der Waals surface area (Å²) in [5, 5.41) is 0. The van der Waals surface area contributed by atoms with Crippen LogP contribution in [0, 0.1) is 5.41 Å². The highest BCUT2D eigenvalue weighted by atomic mass is 28.3. The average molecular weight is 241 g/mol. The molecule has 0 bridgehead atoms. The maximum Gasteiger partial charge on any atom is 0.0849 e. The molecular formula is C15H32Si. The van der Waals surface area contributed by atoms with Crippen LogP contribution in [0.15, 0.2) is 11.8 Å². The Morgan fingerprint density at radius 3 is 1.25 bits per heavy atom. The molecule has 0 heterocycles. The largest absolute Gasteiger partial charge is 0.0969 e. The highest BCUT2D eigenvalue weighted by Crippen LogP contribution is 2.43. The SMILES string of the molecule is CC(C)[Si](/C=C/C(C)(C)C)(C(C)C)C(C)C. The summed E-state index contributed by atoms with van der Waals surface area (Å²) in [6.45, 7) is 21.4. The van der Waals surface area contributed by atoms with E-state index in [4.69, 9.17) is 0 Å². The summed E-state index contributed by atoms with van der Waals surface area (Å²) < 4.78 is 0. The fourth-order valence-electron chi connectivity index (χ4n) is 2.97. The monoisotopic (exact) mass is 240 g/mol. The zero-order valence-corrected chi connectivity index (χ0v) is 13.9. The van der Waals surface area contributed by atoms with Gasteiger partial charge in [0, 0.05) is 0 Å². The van der Waals surface area contributed by atoms with Gasteiger partial charge in [0.2, 0.25) is 0 Å². The van der Waals surface area contributed by atoms with Crippen LogP contribution in [-0.4, -0.2) is 8.07 Å². The van der Waals surface area contributed by atoms with E-state index in [-0.39, 0.29) is 0 Å². The molecule has 0 aromatic carbocycles. The quantitative estimate of drug-likeness (QED) is 0.544. The second-order valence-electron chi connectivity index (χ2n) is 7.16. The van der Waals surface area contributed by atoms with Crippen molar-refractivity contribution in [3.05, 3.63) is 11.8 Å². The Hall–Kier alpha value is -0.0431. The zero-order valence-electron chi connectivity index (χ0n) is 12.9. The molecule has 0 aliphatic carbocycles. The van der Waals surface area contributed by atoms with Gasteiger partial charge in [-0.15, -0.1) is 0 Å². The van der Waals surface area contributed by atoms with Crippen LogP contribution < -0.4 is 0 Å². The van der Waals surface area contributed by atoms with Gasteiger partial charge < -0.3 is 0 Å². The lowest BCUT2D eigenvalue weighted by atomic mass is 9.98. The molecule has 0 aromatic rings. The van der Waals surface area contributed by atoms with Gasteiger partial charge >= 0.3 is 0 Å². The van der Waals surface area contributed by atoms with Crippen molar-refractivity contribution >= 4 is 8.07 Å². The Balaban J connectivity index is 5.30. The van der Waals surface area contributed by atoms with Gasteiger partial charge in [-0.1, -0.05) is 74.1 Å². The van der Waals surface area contributed by atoms with Gasteiger partial charge in [0.1, 0.15) is 0 Å². The molecule has 0 radical (unpaired) electrons. The van der Waals surface area contributed by atoms with Gasteiger partial charge in [-0.2, -0.15) is 0 Å². The third kappa shape index (κ3) is 3.76. The predicted molar refractivity (Wildman–Crippen MR) is 79.6 cm³/mol. The van der Waals surface area contributed by atoms with Crippen LogP contribution in [0.5, 0.6) is 0 Å². The summed E-state index contributed by atoms with van der Waals surface area (Å²) in [4.78, 5) is 0. The third-order valence-corrected chi connectivity index (χ3v) is 10.6. The van der Waals surface area contributed by atoms with Crippen molar-refractivity contribution in [2.75, 3.05) is 0 Å². The summed E-state index contributed by atoms with van der Waals surface area (Å²) in [5.74, 6) is 0. The number of hydrogen-bond donors (Lipinski definition) is 0. The highest BCUT2D eigenvalue weighted by Gasteiger charge is 2.40. The van der Waals surface area contributed by atoms with Gasteiger partial charge in [-0.05, 0) is 22.0 Å². The van der Waals surface area contributed by atoms with E-state index in [2.05, 4.69) is 74.1 Å². The van der Waals surface area contributed by atoms with Gasteiger partial charge in [0.15, 0.2) is 0 Å². The molecular weight excluding hydrogens is 208 g/mol. The van der Waals surface area contributed by atoms with Crippen molar-refractivity contribution in [1.29, 1.82) is 0 Å². The fourth-order valence-corrected chi connectivity index (χ4v) is 8.92. The minimum absolute atomic E-state index is 0.316. The summed E-state index contributed by atoms with van der Waals surface area (Å²) >= 11 is 0. The summed E-state index contributed by atoms with van der Waals surface area (Å²) in [6, 6.07) is 0. The molecule has 0 aliphatic rings. The van der Waals surface area contributed by atoms with E-state index in [0.29, 0.717) is 5.41 Å². The van der Waals surface area contributed by atoms with Crippen LogP contribution in [0.25, 0.3) is 0 Å². The lowest BCUT2D eigenvalue weighted by molar-refractivity contribution is 0.544. The molecule has 96 valence electrons. The first-order valence-electron chi connectivity index (χ1n) is 6.74. The van der Waals surface area contributed by atoms with Crippen molar-refractivity contribution in [1.82, 2.24) is 0 Å². The molecule has 0 nitrogen and oxygen atoms in total. The smallest absolute Gasteiger partial charge is 0.0849 e. The van der Waals surface area contributed by atoms with E-state index < -0.39 is 8.07 Å². The van der Waals surface area contributed by atoms with Crippen molar-refractivity contribution in [3.8, 4) is 0 Å². The predicted octanol–water partition coefficient (Wildman–Crippen LogP) is 5.81. The molecule has 0 saturated heterocycles. The maximum atomic E-state index is 2.63. The molecule has 0 fully saturated rings. The van der Waals surface area contributed by atoms with Crippen LogP contribution in [0.1, 0.15) is 62.3 Å². The molecule has 0 atom stereocenters. The van der Waals surface area contributed by atoms with Gasteiger partial charge in [-0.3, -0.25) is 0 Å². The minimum Gasteiger partial charge on any atom is -0.0969 e. The van der Waals surface area contributed by atoms with Crippen molar-refractivity contribution < 1.29 is 0 Å². The van der Waals surface area contributed by atoms with Crippen LogP contribution in [-0.2, 0) is 0 Å². The number of allylic oxidation sites excluding steroid dienone is 1. The Bertz CT molecular complexity index is 207. The Morgan fingerprint density at radius 1 is 0.750 bits per heavy atom. The highest BCUT2D eigenvalue weighted by molar-refractivity contribution is 6.87. The normalized spacial score (nSPS) is 14.8. The maximum absolute atomic E-state index is 2.63. The second-order valence-corrected chi connectivity index (χ2v) is 13.0. The lowest BCUT2D eigenvalue weighted by Crippen LogP contribution is -2.42. The number of hydrogen-bond acceptors (Lipinski definition) is 0. The molecule has 0 unspecified atom stereocenters. The van der Waals surface area contributed by atoms with Gasteiger partial charge in [0.25, 0.3) is 0 Å². The van der Waals surface area contributed by atoms with E-state index in [0.717, 1.165) is 16.6 Å². The average Bonchev–Trinajstić information content (AvgIpc) is 2.00. The van der Waals surface area contributed by atoms with Crippen LogP contribution >= 0.6 is 0 Å². The minimum atomic E-state index is -1.32. The fraction of sp³-hybridized carbons (Fsp3) is 0.867. The van der Waals surface area contributed by atoms with Crippen LogP contribution in [0.3, 0.4) is 0 Å². The van der Waals surface area contributed by atoms with Crippen molar-refractivity contribution in [3.63, 3.8) is 0 Å². The Kier molecular flexibility index (Phi) is 5.51. The topological polar surface area (TPSA) is 0 Å². The molecule has 16 heavy (non-hydrogen) atoms. The first-order valence-corrected chi connectivity index (χ1v) is 9.05. The number of rotatable bonds is 4. The van der Waals surface area contributed by atoms with E-state index in [1.54, 1.807) is 0 Å².